The molecule has 7 nitrogen and oxygen atoms in total. The minimum absolute atomic E-state index is 0.0142. The topological polar surface area (TPSA) is 101 Å². The molecular weight excluding hydrogens is 473 g/mol. The summed E-state index contributed by atoms with van der Waals surface area (Å²) in [5.74, 6) is -0.148. The highest BCUT2D eigenvalue weighted by Gasteiger charge is 2.51. The van der Waals surface area contributed by atoms with Gasteiger partial charge in [-0.3, -0.25) is 9.78 Å². The molecule has 0 aliphatic heterocycles. The van der Waals surface area contributed by atoms with Gasteiger partial charge in [-0.05, 0) is 37.5 Å². The van der Waals surface area contributed by atoms with Crippen LogP contribution < -0.4 is 4.74 Å². The number of nitrogens with one attached hydrogen (secondary N) is 1. The number of H-pyrrole nitrogens is 1. The number of benzene rings is 1. The van der Waals surface area contributed by atoms with E-state index >= 15 is 0 Å². The molecule has 0 amide bonds. The number of aromatic nitrogens is 4. The van der Waals surface area contributed by atoms with Crippen LogP contribution in [0.5, 0.6) is 5.88 Å². The van der Waals surface area contributed by atoms with Gasteiger partial charge < -0.3 is 14.8 Å². The van der Waals surface area contributed by atoms with Crippen LogP contribution in [0.2, 0.25) is 0 Å². The van der Waals surface area contributed by atoms with Crippen LogP contribution in [0.1, 0.15) is 24.0 Å². The maximum atomic E-state index is 13.4. The summed E-state index contributed by atoms with van der Waals surface area (Å²) >= 11 is 0. The number of alkyl halides is 3. The predicted octanol–water partition coefficient (Wildman–Crippen LogP) is 5.77. The largest absolute Gasteiger partial charge is 0.481 e. The minimum atomic E-state index is -4.48. The van der Waals surface area contributed by atoms with Crippen molar-refractivity contribution < 1.29 is 27.8 Å². The first-order chi connectivity index (χ1) is 17.2. The Morgan fingerprint density at radius 2 is 1.83 bits per heavy atom. The summed E-state index contributed by atoms with van der Waals surface area (Å²) in [4.78, 5) is 27.2. The second-order valence-electron chi connectivity index (χ2n) is 8.83. The van der Waals surface area contributed by atoms with Gasteiger partial charge in [0.2, 0.25) is 5.88 Å². The maximum Gasteiger partial charge on any atom is 0.417 e. The van der Waals surface area contributed by atoms with Crippen molar-refractivity contribution in [1.82, 2.24) is 19.9 Å². The number of aromatic amines is 1. The fourth-order valence-electron chi connectivity index (χ4n) is 3.94. The molecule has 0 radical (unpaired) electrons. The highest BCUT2D eigenvalue weighted by atomic mass is 19.4. The smallest absolute Gasteiger partial charge is 0.417 e. The summed E-state index contributed by atoms with van der Waals surface area (Å²) in [6.45, 7) is 1.97. The molecule has 1 aromatic carbocycles. The van der Waals surface area contributed by atoms with E-state index in [0.717, 1.165) is 22.8 Å². The van der Waals surface area contributed by atoms with Crippen LogP contribution in [0, 0.1) is 12.3 Å². The molecule has 4 aromatic rings. The zero-order chi connectivity index (χ0) is 25.5. The van der Waals surface area contributed by atoms with Crippen LogP contribution in [-0.4, -0.2) is 37.6 Å². The van der Waals surface area contributed by atoms with Crippen LogP contribution in [0.15, 0.2) is 61.1 Å². The van der Waals surface area contributed by atoms with Crippen molar-refractivity contribution in [3.05, 3.63) is 72.2 Å². The molecule has 0 atom stereocenters. The molecule has 1 aliphatic rings. The van der Waals surface area contributed by atoms with Crippen molar-refractivity contribution >= 4 is 5.97 Å². The second kappa shape index (κ2) is 8.78. The molecule has 184 valence electrons. The van der Waals surface area contributed by atoms with Crippen molar-refractivity contribution in [3.63, 3.8) is 0 Å². The van der Waals surface area contributed by atoms with E-state index in [1.807, 2.05) is 13.0 Å². The van der Waals surface area contributed by atoms with Gasteiger partial charge in [0.05, 0.1) is 17.5 Å². The highest BCUT2D eigenvalue weighted by molar-refractivity contribution is 5.78. The minimum Gasteiger partial charge on any atom is -0.481 e. The molecule has 10 heteroatoms. The van der Waals surface area contributed by atoms with Crippen molar-refractivity contribution in [2.45, 2.75) is 25.9 Å². The van der Waals surface area contributed by atoms with Crippen LogP contribution in [0.3, 0.4) is 0 Å². The average molecular weight is 494 g/mol. The summed E-state index contributed by atoms with van der Waals surface area (Å²) in [5.41, 5.74) is 1.68. The zero-order valence-corrected chi connectivity index (χ0v) is 19.1. The number of imidazole rings is 1. The quantitative estimate of drug-likeness (QED) is 0.338. The Balaban J connectivity index is 1.33. The fraction of sp³-hybridized carbons (Fsp3) is 0.231. The second-order valence-corrected chi connectivity index (χ2v) is 8.83. The summed E-state index contributed by atoms with van der Waals surface area (Å²) in [6, 6.07) is 10.6. The summed E-state index contributed by atoms with van der Waals surface area (Å²) < 4.78 is 45.7. The maximum absolute atomic E-state index is 13.4. The van der Waals surface area contributed by atoms with E-state index in [-0.39, 0.29) is 17.9 Å². The molecular formula is C26H21F3N4O3. The van der Waals surface area contributed by atoms with Crippen molar-refractivity contribution in [2.24, 2.45) is 5.41 Å². The van der Waals surface area contributed by atoms with E-state index in [9.17, 15) is 23.1 Å². The Morgan fingerprint density at radius 3 is 2.47 bits per heavy atom. The van der Waals surface area contributed by atoms with Gasteiger partial charge in [0.15, 0.2) is 5.82 Å². The van der Waals surface area contributed by atoms with Crippen molar-refractivity contribution in [1.29, 1.82) is 0 Å². The summed E-state index contributed by atoms with van der Waals surface area (Å²) in [5, 5.41) is 9.28. The molecule has 0 unspecified atom stereocenters. The number of pyridine rings is 2. The lowest BCUT2D eigenvalue weighted by Crippen LogP contribution is -2.23. The lowest BCUT2D eigenvalue weighted by Gasteiger charge is -2.13. The van der Waals surface area contributed by atoms with E-state index < -0.39 is 23.1 Å². The summed E-state index contributed by atoms with van der Waals surface area (Å²) in [6.07, 6.45) is 1.35. The first kappa shape index (κ1) is 23.5. The monoisotopic (exact) mass is 494 g/mol. The number of nitrogens with zero attached hydrogens (tertiary/aromatic N) is 3. The number of carboxylic acids is 1. The molecule has 5 rings (SSSR count). The van der Waals surface area contributed by atoms with Gasteiger partial charge in [0, 0.05) is 35.2 Å². The number of halogens is 3. The zero-order valence-electron chi connectivity index (χ0n) is 19.1. The molecule has 1 fully saturated rings. The molecule has 1 aliphatic carbocycles. The third-order valence-corrected chi connectivity index (χ3v) is 6.30. The van der Waals surface area contributed by atoms with E-state index in [0.29, 0.717) is 30.2 Å². The third-order valence-electron chi connectivity index (χ3n) is 6.30. The van der Waals surface area contributed by atoms with Crippen LogP contribution >= 0.6 is 0 Å². The van der Waals surface area contributed by atoms with E-state index in [4.69, 9.17) is 4.74 Å². The van der Waals surface area contributed by atoms with Crippen LogP contribution in [-0.2, 0) is 11.0 Å². The first-order valence-corrected chi connectivity index (χ1v) is 11.2. The van der Waals surface area contributed by atoms with Gasteiger partial charge in [-0.15, -0.1) is 0 Å². The van der Waals surface area contributed by atoms with Crippen LogP contribution in [0.4, 0.5) is 13.2 Å². The van der Waals surface area contributed by atoms with Crippen molar-refractivity contribution in [3.8, 4) is 39.8 Å². The number of aryl methyl sites for hydroxylation is 1. The van der Waals surface area contributed by atoms with E-state index in [2.05, 4.69) is 19.9 Å². The number of carbonyl (C=O) groups is 1. The lowest BCUT2D eigenvalue weighted by molar-refractivity contribution is -0.144. The Kier molecular flexibility index (Phi) is 5.74. The molecule has 2 N–H and O–H groups in total. The molecule has 0 saturated heterocycles. The first-order valence-electron chi connectivity index (χ1n) is 11.2. The standard InChI is InChI=1S/C26H21F3N4O3/c1-15-10-22(36-14-25(8-9-25)24(34)35)31-12-18(15)16-6-7-20(30-11-16)23-32-13-21(33-23)17-4-2-3-5-19(17)26(27,28)29/h2-7,10-13H,8-9,14H2,1H3,(H,32,33)(H,34,35). The number of rotatable bonds is 7. The Morgan fingerprint density at radius 1 is 1.06 bits per heavy atom. The van der Waals surface area contributed by atoms with Gasteiger partial charge in [-0.2, -0.15) is 13.2 Å². The van der Waals surface area contributed by atoms with E-state index in [1.54, 1.807) is 30.6 Å². The van der Waals surface area contributed by atoms with Crippen LogP contribution in [0.25, 0.3) is 33.9 Å². The normalized spacial score (nSPS) is 14.4. The van der Waals surface area contributed by atoms with Gasteiger partial charge in [-0.1, -0.05) is 24.3 Å². The predicted molar refractivity (Wildman–Crippen MR) is 125 cm³/mol. The van der Waals surface area contributed by atoms with Crippen molar-refractivity contribution in [2.75, 3.05) is 6.61 Å². The number of ether oxygens (including phenoxy) is 1. The highest BCUT2D eigenvalue weighted by Crippen LogP contribution is 2.46. The fourth-order valence-corrected chi connectivity index (χ4v) is 3.94. The molecule has 1 saturated carbocycles. The van der Waals surface area contributed by atoms with Gasteiger partial charge >= 0.3 is 12.1 Å². The molecule has 0 spiro atoms. The third kappa shape index (κ3) is 4.53. The average Bonchev–Trinajstić information content (AvgIpc) is 3.50. The molecule has 3 aromatic heterocycles. The number of carboxylic acid groups (broad SMARTS) is 1. The Hall–Kier alpha value is -4.21. The Bertz CT molecular complexity index is 1430. The SMILES string of the molecule is Cc1cc(OCC2(C(=O)O)CC2)ncc1-c1ccc(-c2ncc(-c3ccccc3C(F)(F)F)[nH]2)nc1. The molecule has 0 bridgehead atoms. The molecule has 36 heavy (non-hydrogen) atoms. The van der Waals surface area contributed by atoms with Gasteiger partial charge in [-0.25, -0.2) is 9.97 Å². The number of hydrogen-bond donors (Lipinski definition) is 2. The summed E-state index contributed by atoms with van der Waals surface area (Å²) in [7, 11) is 0. The number of aliphatic carboxylic acids is 1. The molecule has 3 heterocycles. The van der Waals surface area contributed by atoms with E-state index in [1.165, 1.54) is 18.3 Å². The number of hydrogen-bond acceptors (Lipinski definition) is 5. The van der Waals surface area contributed by atoms with Gasteiger partial charge in [0.25, 0.3) is 0 Å². The Labute approximate surface area is 204 Å². The van der Waals surface area contributed by atoms with Gasteiger partial charge in [0.1, 0.15) is 17.7 Å². The lowest BCUT2D eigenvalue weighted by atomic mass is 10.0.